The summed E-state index contributed by atoms with van der Waals surface area (Å²) in [6.07, 6.45) is 4.70. The van der Waals surface area contributed by atoms with Crippen LogP contribution in [0.25, 0.3) is 6.08 Å². The topological polar surface area (TPSA) is 32.7 Å². The largest absolute Gasteiger partial charge is 0.274 e. The minimum absolute atomic E-state index is 0.00954. The zero-order valence-corrected chi connectivity index (χ0v) is 19.3. The van der Waals surface area contributed by atoms with Crippen molar-refractivity contribution in [2.75, 3.05) is 0 Å². The van der Waals surface area contributed by atoms with Crippen LogP contribution in [0, 0.1) is 17.6 Å². The van der Waals surface area contributed by atoms with E-state index < -0.39 is 0 Å². The third kappa shape index (κ3) is 4.40. The van der Waals surface area contributed by atoms with E-state index in [-0.39, 0.29) is 29.5 Å². The Labute approximate surface area is 199 Å². The molecule has 3 nitrogen and oxygen atoms in total. The standard InChI is InChI=1S/C27H21BrF2N2O/c28-21-10-6-19(7-11-21)27(33)32-26(18-8-14-23(30)15-9-18)24-3-1-2-20(25(24)31-32)16-17-4-12-22(29)13-5-17/h4-16,24,26H,1-3H2/b20-16+/t24-,26-/m0/s1. The normalized spacial score (nSPS) is 21.1. The number of amides is 1. The molecule has 1 amide bonds. The van der Waals surface area contributed by atoms with Crippen LogP contribution >= 0.6 is 15.9 Å². The maximum absolute atomic E-state index is 13.6. The Morgan fingerprint density at radius 3 is 2.24 bits per heavy atom. The lowest BCUT2D eigenvalue weighted by Crippen LogP contribution is -2.31. The molecule has 0 bridgehead atoms. The quantitative estimate of drug-likeness (QED) is 0.370. The zero-order chi connectivity index (χ0) is 22.9. The van der Waals surface area contributed by atoms with Crippen molar-refractivity contribution in [1.82, 2.24) is 5.01 Å². The second-order valence-corrected chi connectivity index (χ2v) is 9.27. The molecule has 0 unspecified atom stereocenters. The van der Waals surface area contributed by atoms with Crippen molar-refractivity contribution in [2.45, 2.75) is 25.3 Å². The van der Waals surface area contributed by atoms with E-state index in [2.05, 4.69) is 15.9 Å². The first kappa shape index (κ1) is 21.7. The molecule has 0 N–H and O–H groups in total. The Kier molecular flexibility index (Phi) is 5.94. The smallest absolute Gasteiger partial charge is 0.267 e. The van der Waals surface area contributed by atoms with Crippen molar-refractivity contribution in [3.63, 3.8) is 0 Å². The van der Waals surface area contributed by atoms with Crippen molar-refractivity contribution in [2.24, 2.45) is 11.0 Å². The van der Waals surface area contributed by atoms with E-state index in [4.69, 9.17) is 5.10 Å². The summed E-state index contributed by atoms with van der Waals surface area (Å²) in [5.74, 6) is -0.779. The summed E-state index contributed by atoms with van der Waals surface area (Å²) in [6.45, 7) is 0. The molecule has 1 aliphatic heterocycles. The van der Waals surface area contributed by atoms with Gasteiger partial charge in [0.25, 0.3) is 5.91 Å². The van der Waals surface area contributed by atoms with Gasteiger partial charge in [0.1, 0.15) is 11.6 Å². The summed E-state index contributed by atoms with van der Waals surface area (Å²) in [5.41, 5.74) is 4.22. The number of hydrogen-bond donors (Lipinski definition) is 0. The SMILES string of the molecule is O=C(c1ccc(Br)cc1)N1N=C2/C(=C/c3ccc(F)cc3)CCC[C@@H]2[C@@H]1c1ccc(F)cc1. The van der Waals surface area contributed by atoms with Gasteiger partial charge in [-0.25, -0.2) is 13.8 Å². The van der Waals surface area contributed by atoms with Crippen molar-refractivity contribution in [1.29, 1.82) is 0 Å². The maximum Gasteiger partial charge on any atom is 0.274 e. The average molecular weight is 507 g/mol. The van der Waals surface area contributed by atoms with E-state index in [1.54, 1.807) is 41.4 Å². The van der Waals surface area contributed by atoms with E-state index in [0.717, 1.165) is 46.1 Å². The Morgan fingerprint density at radius 1 is 0.939 bits per heavy atom. The lowest BCUT2D eigenvalue weighted by atomic mass is 9.77. The number of carbonyl (C=O) groups is 1. The summed E-state index contributed by atoms with van der Waals surface area (Å²) in [7, 11) is 0. The summed E-state index contributed by atoms with van der Waals surface area (Å²) in [6, 6.07) is 19.6. The molecule has 5 rings (SSSR count). The predicted octanol–water partition coefficient (Wildman–Crippen LogP) is 7.16. The first-order chi connectivity index (χ1) is 16.0. The molecule has 3 aromatic carbocycles. The van der Waals surface area contributed by atoms with Gasteiger partial charge in [-0.3, -0.25) is 4.79 Å². The number of hydrazone groups is 1. The van der Waals surface area contributed by atoms with E-state index in [0.29, 0.717) is 5.56 Å². The van der Waals surface area contributed by atoms with Crippen LogP contribution in [0.15, 0.2) is 87.9 Å². The van der Waals surface area contributed by atoms with Gasteiger partial charge >= 0.3 is 0 Å². The van der Waals surface area contributed by atoms with Crippen LogP contribution in [0.4, 0.5) is 8.78 Å². The number of rotatable bonds is 3. The van der Waals surface area contributed by atoms with E-state index >= 15 is 0 Å². The predicted molar refractivity (Wildman–Crippen MR) is 129 cm³/mol. The Hall–Kier alpha value is -3.12. The highest BCUT2D eigenvalue weighted by atomic mass is 79.9. The van der Waals surface area contributed by atoms with Gasteiger partial charge in [0.05, 0.1) is 11.8 Å². The minimum atomic E-state index is -0.316. The molecule has 1 fully saturated rings. The molecule has 6 heteroatoms. The monoisotopic (exact) mass is 506 g/mol. The molecule has 0 saturated heterocycles. The third-order valence-corrected chi connectivity index (χ3v) is 6.75. The van der Waals surface area contributed by atoms with Crippen LogP contribution in [0.3, 0.4) is 0 Å². The molecule has 166 valence electrons. The van der Waals surface area contributed by atoms with Crippen molar-refractivity contribution >= 4 is 33.6 Å². The lowest BCUT2D eigenvalue weighted by molar-refractivity contribution is 0.0681. The van der Waals surface area contributed by atoms with Gasteiger partial charge in [0.15, 0.2) is 0 Å². The van der Waals surface area contributed by atoms with Gasteiger partial charge in [-0.2, -0.15) is 5.10 Å². The summed E-state index contributed by atoms with van der Waals surface area (Å²) in [4.78, 5) is 13.5. The average Bonchev–Trinajstić information content (AvgIpc) is 3.22. The number of benzene rings is 3. The molecule has 33 heavy (non-hydrogen) atoms. The van der Waals surface area contributed by atoms with Gasteiger partial charge in [-0.1, -0.05) is 40.2 Å². The Morgan fingerprint density at radius 2 is 1.58 bits per heavy atom. The van der Waals surface area contributed by atoms with E-state index in [1.807, 2.05) is 18.2 Å². The molecule has 0 spiro atoms. The fraction of sp³-hybridized carbons (Fsp3) is 0.185. The summed E-state index contributed by atoms with van der Waals surface area (Å²) in [5, 5.41) is 6.39. The maximum atomic E-state index is 13.6. The molecule has 2 atom stereocenters. The van der Waals surface area contributed by atoms with Gasteiger partial charge in [-0.05, 0) is 90.6 Å². The highest BCUT2D eigenvalue weighted by Gasteiger charge is 2.43. The van der Waals surface area contributed by atoms with Gasteiger partial charge in [-0.15, -0.1) is 0 Å². The molecular weight excluding hydrogens is 486 g/mol. The highest BCUT2D eigenvalue weighted by Crippen LogP contribution is 2.45. The minimum Gasteiger partial charge on any atom is -0.267 e. The number of halogens is 3. The number of carbonyl (C=O) groups excluding carboxylic acids is 1. The molecule has 1 saturated carbocycles. The van der Waals surface area contributed by atoms with Crippen LogP contribution in [0.2, 0.25) is 0 Å². The van der Waals surface area contributed by atoms with Crippen LogP contribution in [0.1, 0.15) is 46.8 Å². The molecule has 1 heterocycles. The first-order valence-electron chi connectivity index (χ1n) is 10.9. The molecular formula is C27H21BrF2N2O. The molecule has 1 aliphatic carbocycles. The van der Waals surface area contributed by atoms with E-state index in [9.17, 15) is 13.6 Å². The Balaban J connectivity index is 1.57. The van der Waals surface area contributed by atoms with Crippen molar-refractivity contribution in [3.8, 4) is 0 Å². The van der Waals surface area contributed by atoms with Crippen LogP contribution < -0.4 is 0 Å². The van der Waals surface area contributed by atoms with Crippen molar-refractivity contribution in [3.05, 3.63) is 111 Å². The van der Waals surface area contributed by atoms with Gasteiger partial charge < -0.3 is 0 Å². The van der Waals surface area contributed by atoms with Crippen LogP contribution in [-0.4, -0.2) is 16.6 Å². The van der Waals surface area contributed by atoms with Gasteiger partial charge in [0, 0.05) is 16.0 Å². The number of hydrogen-bond acceptors (Lipinski definition) is 2. The van der Waals surface area contributed by atoms with Gasteiger partial charge in [0.2, 0.25) is 0 Å². The van der Waals surface area contributed by atoms with Crippen LogP contribution in [0.5, 0.6) is 0 Å². The molecule has 3 aromatic rings. The number of allylic oxidation sites excluding steroid dienone is 1. The molecule has 0 radical (unpaired) electrons. The lowest BCUT2D eigenvalue weighted by Gasteiger charge is -2.29. The van der Waals surface area contributed by atoms with E-state index in [1.165, 1.54) is 24.3 Å². The van der Waals surface area contributed by atoms with Crippen LogP contribution in [-0.2, 0) is 0 Å². The molecule has 0 aromatic heterocycles. The number of nitrogens with zero attached hydrogens (tertiary/aromatic N) is 2. The second kappa shape index (κ2) is 9.02. The zero-order valence-electron chi connectivity index (χ0n) is 17.7. The second-order valence-electron chi connectivity index (χ2n) is 8.36. The third-order valence-electron chi connectivity index (χ3n) is 6.22. The summed E-state index contributed by atoms with van der Waals surface area (Å²) >= 11 is 3.41. The fourth-order valence-electron chi connectivity index (χ4n) is 4.65. The fourth-order valence-corrected chi connectivity index (χ4v) is 4.91. The number of fused-ring (bicyclic) bond motifs is 1. The molecule has 2 aliphatic rings. The first-order valence-corrected chi connectivity index (χ1v) is 11.7. The van der Waals surface area contributed by atoms with Crippen molar-refractivity contribution < 1.29 is 13.6 Å². The summed E-state index contributed by atoms with van der Waals surface area (Å²) < 4.78 is 27.9. The highest BCUT2D eigenvalue weighted by molar-refractivity contribution is 9.10. The Bertz CT molecular complexity index is 1230.